The van der Waals surface area contributed by atoms with Crippen molar-refractivity contribution in [3.8, 4) is 11.3 Å². The van der Waals surface area contributed by atoms with Gasteiger partial charge in [0.05, 0.1) is 23.5 Å². The smallest absolute Gasteiger partial charge is 0.328 e. The number of carbonyl (C=O) groups is 2. The highest BCUT2D eigenvalue weighted by Gasteiger charge is 2.30. The maximum absolute atomic E-state index is 14.7. The van der Waals surface area contributed by atoms with Crippen LogP contribution in [0.1, 0.15) is 36.4 Å². The third kappa shape index (κ3) is 6.17. The molecular formula is C36H35F2N9O2. The summed E-state index contributed by atoms with van der Waals surface area (Å²) >= 11 is 0. The largest absolute Gasteiger partial charge is 0.354 e. The third-order valence-corrected chi connectivity index (χ3v) is 9.61. The van der Waals surface area contributed by atoms with Crippen LogP contribution < -0.4 is 20.0 Å². The highest BCUT2D eigenvalue weighted by atomic mass is 19.1. The second kappa shape index (κ2) is 12.9. The molecule has 0 saturated carbocycles. The van der Waals surface area contributed by atoms with Gasteiger partial charge in [-0.05, 0) is 66.9 Å². The number of hydrogen-bond acceptors (Lipinski definition) is 8. The molecule has 250 valence electrons. The molecule has 3 aliphatic heterocycles. The molecular weight excluding hydrogens is 628 g/mol. The van der Waals surface area contributed by atoms with Crippen molar-refractivity contribution in [3.05, 3.63) is 102 Å². The van der Waals surface area contributed by atoms with E-state index < -0.39 is 11.6 Å². The molecule has 6 heterocycles. The topological polar surface area (TPSA) is 102 Å². The molecule has 0 aliphatic carbocycles. The van der Waals surface area contributed by atoms with Crippen LogP contribution in [0.15, 0.2) is 79.1 Å². The molecule has 5 aromatic rings. The first-order valence-electron chi connectivity index (χ1n) is 16.6. The van der Waals surface area contributed by atoms with E-state index in [-0.39, 0.29) is 18.0 Å². The van der Waals surface area contributed by atoms with Crippen molar-refractivity contribution in [2.45, 2.75) is 31.8 Å². The number of halogens is 2. The molecule has 0 bridgehead atoms. The van der Waals surface area contributed by atoms with E-state index in [2.05, 4.69) is 26.3 Å². The zero-order valence-electron chi connectivity index (χ0n) is 26.8. The van der Waals surface area contributed by atoms with Crippen LogP contribution in [0, 0.1) is 11.6 Å². The fraction of sp³-hybridized carbons (Fsp3) is 0.306. The van der Waals surface area contributed by atoms with Gasteiger partial charge in [0.15, 0.2) is 5.65 Å². The van der Waals surface area contributed by atoms with E-state index in [0.717, 1.165) is 73.5 Å². The number of urea groups is 1. The second-order valence-corrected chi connectivity index (χ2v) is 12.7. The molecule has 3 aliphatic rings. The number of benzene rings is 2. The molecule has 0 unspecified atom stereocenters. The molecule has 49 heavy (non-hydrogen) atoms. The van der Waals surface area contributed by atoms with E-state index in [1.807, 2.05) is 53.6 Å². The van der Waals surface area contributed by atoms with Gasteiger partial charge in [-0.2, -0.15) is 5.10 Å². The highest BCUT2D eigenvalue weighted by Crippen LogP contribution is 2.37. The molecule has 3 fully saturated rings. The van der Waals surface area contributed by atoms with Crippen LogP contribution in [-0.2, 0) is 11.3 Å². The van der Waals surface area contributed by atoms with Gasteiger partial charge in [-0.15, -0.1) is 0 Å². The summed E-state index contributed by atoms with van der Waals surface area (Å²) in [5.41, 5.74) is 4.44. The van der Waals surface area contributed by atoms with E-state index in [1.54, 1.807) is 15.6 Å². The van der Waals surface area contributed by atoms with Gasteiger partial charge in [0, 0.05) is 69.7 Å². The highest BCUT2D eigenvalue weighted by molar-refractivity contribution is 6.05. The van der Waals surface area contributed by atoms with Gasteiger partial charge in [0.1, 0.15) is 23.3 Å². The number of hydrogen-bond donors (Lipinski definition) is 1. The zero-order chi connectivity index (χ0) is 33.5. The molecule has 1 N–H and O–H groups in total. The summed E-state index contributed by atoms with van der Waals surface area (Å²) < 4.78 is 30.5. The van der Waals surface area contributed by atoms with Crippen LogP contribution in [0.25, 0.3) is 16.9 Å². The van der Waals surface area contributed by atoms with Crippen LogP contribution in [0.5, 0.6) is 0 Å². The van der Waals surface area contributed by atoms with Crippen molar-refractivity contribution in [2.75, 3.05) is 54.0 Å². The van der Waals surface area contributed by atoms with Gasteiger partial charge in [0.25, 0.3) is 0 Å². The van der Waals surface area contributed by atoms with Gasteiger partial charge in [-0.25, -0.2) is 28.1 Å². The van der Waals surface area contributed by atoms with Crippen LogP contribution in [0.4, 0.5) is 30.9 Å². The number of imide groups is 1. The Bertz CT molecular complexity index is 2040. The number of pyridine rings is 1. The Hall–Kier alpha value is -5.43. The molecule has 13 heteroatoms. The first-order chi connectivity index (χ1) is 23.9. The van der Waals surface area contributed by atoms with Crippen molar-refractivity contribution in [1.82, 2.24) is 29.8 Å². The van der Waals surface area contributed by atoms with Gasteiger partial charge in [-0.3, -0.25) is 19.9 Å². The number of piperazine rings is 1. The number of amides is 3. The van der Waals surface area contributed by atoms with E-state index >= 15 is 0 Å². The second-order valence-electron chi connectivity index (χ2n) is 12.7. The van der Waals surface area contributed by atoms with E-state index in [1.165, 1.54) is 12.1 Å². The van der Waals surface area contributed by atoms with Crippen molar-refractivity contribution < 1.29 is 18.4 Å². The van der Waals surface area contributed by atoms with Crippen LogP contribution in [-0.4, -0.2) is 75.7 Å². The quantitative estimate of drug-likeness (QED) is 0.254. The SMILES string of the molecule is O=C1CCN(c2cccc(CN3CCN(c4cccc(-c5cnn6ccc(N7CCC[C@@H]7c7cc(F)ccc7F)nc56)n4)CC3)c2)C(=O)N1. The molecule has 2 aromatic carbocycles. The van der Waals surface area contributed by atoms with Crippen molar-refractivity contribution >= 4 is 34.9 Å². The number of rotatable bonds is 7. The molecule has 3 aromatic heterocycles. The molecule has 3 amide bonds. The Balaban J connectivity index is 0.960. The predicted octanol–water partition coefficient (Wildman–Crippen LogP) is 5.18. The zero-order valence-corrected chi connectivity index (χ0v) is 26.8. The van der Waals surface area contributed by atoms with E-state index in [4.69, 9.17) is 9.97 Å². The van der Waals surface area contributed by atoms with Crippen molar-refractivity contribution in [3.63, 3.8) is 0 Å². The van der Waals surface area contributed by atoms with E-state index in [9.17, 15) is 18.4 Å². The van der Waals surface area contributed by atoms with Crippen LogP contribution in [0.3, 0.4) is 0 Å². The van der Waals surface area contributed by atoms with Gasteiger partial charge in [0.2, 0.25) is 5.91 Å². The molecule has 11 nitrogen and oxygen atoms in total. The Morgan fingerprint density at radius 1 is 0.857 bits per heavy atom. The maximum Gasteiger partial charge on any atom is 0.328 e. The monoisotopic (exact) mass is 663 g/mol. The molecule has 0 spiro atoms. The summed E-state index contributed by atoms with van der Waals surface area (Å²) in [4.78, 5) is 42.2. The number of anilines is 3. The molecule has 8 rings (SSSR count). The predicted molar refractivity (Wildman–Crippen MR) is 181 cm³/mol. The molecule has 0 radical (unpaired) electrons. The third-order valence-electron chi connectivity index (χ3n) is 9.61. The lowest BCUT2D eigenvalue weighted by Gasteiger charge is -2.35. The lowest BCUT2D eigenvalue weighted by molar-refractivity contribution is -0.120. The average Bonchev–Trinajstić information content (AvgIpc) is 3.77. The summed E-state index contributed by atoms with van der Waals surface area (Å²) in [7, 11) is 0. The summed E-state index contributed by atoms with van der Waals surface area (Å²) in [6.45, 7) is 5.12. The van der Waals surface area contributed by atoms with Gasteiger partial charge < -0.3 is 9.80 Å². The minimum atomic E-state index is -0.452. The Morgan fingerprint density at radius 3 is 2.57 bits per heavy atom. The Kier molecular flexibility index (Phi) is 8.12. The van der Waals surface area contributed by atoms with Crippen LogP contribution in [0.2, 0.25) is 0 Å². The number of fused-ring (bicyclic) bond motifs is 1. The molecule has 1 atom stereocenters. The number of nitrogens with one attached hydrogen (secondary N) is 1. The normalized spacial score (nSPS) is 18.8. The minimum Gasteiger partial charge on any atom is -0.354 e. The Labute approximate surface area is 281 Å². The standard InChI is InChI=1S/C36H35F2N9O2/c37-25-9-10-29(38)27(21-25)31-7-3-13-46(31)33-11-15-47-35(41-33)28(22-39-47)30-6-2-8-32(40-30)44-18-16-43(17-19-44)23-24-4-1-5-26(20-24)45-14-12-34(48)42-36(45)49/h1-2,4-6,8-11,15,20-22,31H,3,7,12-14,16-19,23H2,(H,42,48,49)/t31-/m1/s1. The summed E-state index contributed by atoms with van der Waals surface area (Å²) in [6.07, 6.45) is 5.47. The summed E-state index contributed by atoms with van der Waals surface area (Å²) in [6, 6.07) is 18.7. The number of aromatic nitrogens is 4. The van der Waals surface area contributed by atoms with Crippen molar-refractivity contribution in [1.29, 1.82) is 0 Å². The fourth-order valence-corrected chi connectivity index (χ4v) is 7.11. The number of nitrogens with zero attached hydrogens (tertiary/aromatic N) is 8. The van der Waals surface area contributed by atoms with Crippen LogP contribution >= 0.6 is 0 Å². The van der Waals surface area contributed by atoms with E-state index in [0.29, 0.717) is 43.0 Å². The summed E-state index contributed by atoms with van der Waals surface area (Å²) in [5, 5.41) is 6.92. The lowest BCUT2D eigenvalue weighted by atomic mass is 10.0. The minimum absolute atomic E-state index is 0.243. The first-order valence-corrected chi connectivity index (χ1v) is 16.6. The fourth-order valence-electron chi connectivity index (χ4n) is 7.11. The Morgan fingerprint density at radius 2 is 1.71 bits per heavy atom. The van der Waals surface area contributed by atoms with Crippen molar-refractivity contribution in [2.24, 2.45) is 0 Å². The first kappa shape index (κ1) is 30.9. The average molecular weight is 664 g/mol. The molecule has 3 saturated heterocycles. The number of carbonyl (C=O) groups excluding carboxylic acids is 2. The maximum atomic E-state index is 14.7. The van der Waals surface area contributed by atoms with Gasteiger partial charge >= 0.3 is 6.03 Å². The van der Waals surface area contributed by atoms with Gasteiger partial charge in [-0.1, -0.05) is 18.2 Å². The summed E-state index contributed by atoms with van der Waals surface area (Å²) in [5.74, 6) is 0.456. The lowest BCUT2D eigenvalue weighted by Crippen LogP contribution is -2.49.